The van der Waals surface area contributed by atoms with E-state index in [0.29, 0.717) is 12.0 Å². The van der Waals surface area contributed by atoms with Crippen LogP contribution < -0.4 is 16.4 Å². The molecule has 1 heterocycles. The molecule has 10 nitrogen and oxygen atoms in total. The topological polar surface area (TPSA) is 148 Å². The zero-order valence-corrected chi connectivity index (χ0v) is 22.8. The second kappa shape index (κ2) is 13.8. The fourth-order valence-corrected chi connectivity index (χ4v) is 4.47. The Morgan fingerprint density at radius 2 is 1.56 bits per heavy atom. The van der Waals surface area contributed by atoms with Crippen molar-refractivity contribution in [3.8, 4) is 0 Å². The molecule has 3 atom stereocenters. The van der Waals surface area contributed by atoms with E-state index in [1.807, 2.05) is 11.4 Å². The molecular weight excluding hydrogens is 538 g/mol. The molecule has 1 fully saturated rings. The van der Waals surface area contributed by atoms with Crippen LogP contribution in [0.5, 0.6) is 0 Å². The molecule has 1 aliphatic rings. The fourth-order valence-electron chi connectivity index (χ4n) is 4.47. The van der Waals surface area contributed by atoms with Crippen LogP contribution in [-0.2, 0) is 36.9 Å². The van der Waals surface area contributed by atoms with Crippen molar-refractivity contribution in [1.82, 2.24) is 15.5 Å². The molecule has 3 rings (SSSR count). The number of carbonyl (C=O) groups is 5. The number of Topliss-reactive ketones (excluding diaryl/α,β-unsaturated/α-hetero) is 1. The zero-order valence-electron chi connectivity index (χ0n) is 22.8. The predicted molar refractivity (Wildman–Crippen MR) is 144 cm³/mol. The van der Waals surface area contributed by atoms with Gasteiger partial charge in [0.25, 0.3) is 5.91 Å². The SMILES string of the molecule is CC(C)C(NC(=O)C1CCCN1C(=O)OCc1ccccc1)C(=O)C(F)(F)C(=O)NC(Cc1ccccc1)C(N)=O. The van der Waals surface area contributed by atoms with Gasteiger partial charge in [-0.25, -0.2) is 4.79 Å². The van der Waals surface area contributed by atoms with E-state index in [2.05, 4.69) is 5.32 Å². The second-order valence-corrected chi connectivity index (χ2v) is 10.2. The van der Waals surface area contributed by atoms with Crippen molar-refractivity contribution in [1.29, 1.82) is 0 Å². The molecule has 41 heavy (non-hydrogen) atoms. The average Bonchev–Trinajstić information content (AvgIpc) is 3.45. The molecule has 1 saturated heterocycles. The third-order valence-corrected chi connectivity index (χ3v) is 6.77. The normalized spacial score (nSPS) is 16.5. The molecule has 4 amide bonds. The minimum Gasteiger partial charge on any atom is -0.445 e. The quantitative estimate of drug-likeness (QED) is 0.333. The van der Waals surface area contributed by atoms with Crippen LogP contribution in [0.3, 0.4) is 0 Å². The second-order valence-electron chi connectivity index (χ2n) is 10.2. The number of ketones is 1. The van der Waals surface area contributed by atoms with Gasteiger partial charge in [-0.1, -0.05) is 74.5 Å². The van der Waals surface area contributed by atoms with Gasteiger partial charge < -0.3 is 21.1 Å². The first-order valence-electron chi connectivity index (χ1n) is 13.3. The first-order valence-corrected chi connectivity index (χ1v) is 13.3. The number of halogens is 2. The fraction of sp³-hybridized carbons (Fsp3) is 0.414. The number of primary amides is 1. The Labute approximate surface area is 236 Å². The summed E-state index contributed by atoms with van der Waals surface area (Å²) in [5.41, 5.74) is 6.61. The van der Waals surface area contributed by atoms with Crippen molar-refractivity contribution in [3.05, 3.63) is 71.8 Å². The number of likely N-dealkylation sites (tertiary alicyclic amines) is 1. The van der Waals surface area contributed by atoms with Gasteiger partial charge in [0.1, 0.15) is 18.7 Å². The minimum absolute atomic E-state index is 0.0183. The highest BCUT2D eigenvalue weighted by molar-refractivity contribution is 6.11. The lowest BCUT2D eigenvalue weighted by molar-refractivity contribution is -0.162. The smallest absolute Gasteiger partial charge is 0.410 e. The standard InChI is InChI=1S/C29H34F2N4O6/c1-18(2)23(24(36)29(30,31)27(39)33-21(25(32)37)16-19-10-5-3-6-11-19)34-26(38)22-14-9-15-35(22)28(40)41-17-20-12-7-4-8-13-20/h3-8,10-13,18,21-23H,9,14-17H2,1-2H3,(H2,32,37)(H,33,39)(H,34,38). The molecule has 2 aromatic carbocycles. The lowest BCUT2D eigenvalue weighted by Crippen LogP contribution is -2.60. The Morgan fingerprint density at radius 1 is 0.976 bits per heavy atom. The molecule has 2 aromatic rings. The molecule has 1 aliphatic heterocycles. The van der Waals surface area contributed by atoms with Crippen LogP contribution in [0.15, 0.2) is 60.7 Å². The Bertz CT molecular complexity index is 1240. The van der Waals surface area contributed by atoms with E-state index in [-0.39, 0.29) is 26.0 Å². The van der Waals surface area contributed by atoms with Gasteiger partial charge in [-0.3, -0.25) is 24.1 Å². The number of nitrogens with two attached hydrogens (primary N) is 1. The molecular formula is C29H34F2N4O6. The number of benzene rings is 2. The first kappa shape index (κ1) is 31.2. The van der Waals surface area contributed by atoms with Gasteiger partial charge >= 0.3 is 12.0 Å². The Hall–Kier alpha value is -4.35. The van der Waals surface area contributed by atoms with Gasteiger partial charge in [-0.15, -0.1) is 0 Å². The number of carbonyl (C=O) groups excluding carboxylic acids is 5. The maximum absolute atomic E-state index is 15.1. The summed E-state index contributed by atoms with van der Waals surface area (Å²) in [5.74, 6) is -11.1. The van der Waals surface area contributed by atoms with E-state index >= 15 is 8.78 Å². The summed E-state index contributed by atoms with van der Waals surface area (Å²) in [6.45, 7) is 3.05. The molecule has 220 valence electrons. The van der Waals surface area contributed by atoms with Crippen molar-refractivity contribution < 1.29 is 37.5 Å². The summed E-state index contributed by atoms with van der Waals surface area (Å²) in [7, 11) is 0. The van der Waals surface area contributed by atoms with Crippen LogP contribution in [0.2, 0.25) is 0 Å². The van der Waals surface area contributed by atoms with Crippen molar-refractivity contribution >= 4 is 29.6 Å². The maximum atomic E-state index is 15.1. The van der Waals surface area contributed by atoms with Gasteiger partial charge in [0.2, 0.25) is 17.6 Å². The van der Waals surface area contributed by atoms with Crippen molar-refractivity contribution in [2.24, 2.45) is 11.7 Å². The van der Waals surface area contributed by atoms with Crippen LogP contribution in [0, 0.1) is 5.92 Å². The van der Waals surface area contributed by atoms with Gasteiger partial charge in [-0.2, -0.15) is 8.78 Å². The molecule has 0 aromatic heterocycles. The summed E-state index contributed by atoms with van der Waals surface area (Å²) < 4.78 is 35.6. The minimum atomic E-state index is -4.59. The zero-order chi connectivity index (χ0) is 30.2. The Kier molecular flexibility index (Phi) is 10.5. The number of amides is 4. The lowest BCUT2D eigenvalue weighted by Gasteiger charge is -2.29. The summed E-state index contributed by atoms with van der Waals surface area (Å²) >= 11 is 0. The van der Waals surface area contributed by atoms with E-state index in [4.69, 9.17) is 10.5 Å². The molecule has 3 unspecified atom stereocenters. The van der Waals surface area contributed by atoms with Crippen molar-refractivity contribution in [3.63, 3.8) is 0 Å². The molecule has 0 aliphatic carbocycles. The van der Waals surface area contributed by atoms with Gasteiger partial charge in [0, 0.05) is 13.0 Å². The predicted octanol–water partition coefficient (Wildman–Crippen LogP) is 2.35. The Balaban J connectivity index is 1.66. The largest absolute Gasteiger partial charge is 0.445 e. The van der Waals surface area contributed by atoms with Crippen LogP contribution in [0.25, 0.3) is 0 Å². The number of nitrogens with zero attached hydrogens (tertiary/aromatic N) is 1. The summed E-state index contributed by atoms with van der Waals surface area (Å²) in [4.78, 5) is 64.3. The van der Waals surface area contributed by atoms with Crippen LogP contribution in [0.1, 0.15) is 37.8 Å². The summed E-state index contributed by atoms with van der Waals surface area (Å²) in [5, 5.41) is 4.18. The Morgan fingerprint density at radius 3 is 2.12 bits per heavy atom. The van der Waals surface area contributed by atoms with Gasteiger partial charge in [0.05, 0.1) is 6.04 Å². The van der Waals surface area contributed by atoms with E-state index in [1.165, 1.54) is 18.7 Å². The number of rotatable bonds is 12. The average molecular weight is 573 g/mol. The molecule has 4 N–H and O–H groups in total. The first-order chi connectivity index (χ1) is 19.4. The summed E-state index contributed by atoms with van der Waals surface area (Å²) in [6.07, 6.45) is -0.205. The van der Waals surface area contributed by atoms with E-state index in [0.717, 1.165) is 5.56 Å². The molecule has 0 saturated carbocycles. The van der Waals surface area contributed by atoms with Crippen LogP contribution in [-0.4, -0.2) is 65.1 Å². The van der Waals surface area contributed by atoms with Crippen molar-refractivity contribution in [2.75, 3.05) is 6.54 Å². The number of nitrogens with one attached hydrogen (secondary N) is 2. The maximum Gasteiger partial charge on any atom is 0.410 e. The molecule has 0 spiro atoms. The highest BCUT2D eigenvalue weighted by Crippen LogP contribution is 2.24. The number of ether oxygens (including phenoxy) is 1. The number of alkyl halides is 2. The number of hydrogen-bond acceptors (Lipinski definition) is 6. The molecule has 12 heteroatoms. The van der Waals surface area contributed by atoms with Crippen LogP contribution in [0.4, 0.5) is 13.6 Å². The lowest BCUT2D eigenvalue weighted by atomic mass is 9.94. The van der Waals surface area contributed by atoms with Gasteiger partial charge in [-0.05, 0) is 29.9 Å². The van der Waals surface area contributed by atoms with E-state index in [9.17, 15) is 24.0 Å². The number of hydrogen-bond donors (Lipinski definition) is 3. The highest BCUT2D eigenvalue weighted by atomic mass is 19.3. The summed E-state index contributed by atoms with van der Waals surface area (Å²) in [6, 6.07) is 12.9. The monoisotopic (exact) mass is 572 g/mol. The third-order valence-electron chi connectivity index (χ3n) is 6.77. The molecule has 0 bridgehead atoms. The highest BCUT2D eigenvalue weighted by Gasteiger charge is 2.52. The van der Waals surface area contributed by atoms with Crippen LogP contribution >= 0.6 is 0 Å². The third kappa shape index (κ3) is 8.09. The van der Waals surface area contributed by atoms with Gasteiger partial charge in [0.15, 0.2) is 0 Å². The van der Waals surface area contributed by atoms with E-state index < -0.39 is 59.6 Å². The van der Waals surface area contributed by atoms with Crippen molar-refractivity contribution in [2.45, 2.75) is 63.8 Å². The molecule has 0 radical (unpaired) electrons. The van der Waals surface area contributed by atoms with E-state index in [1.54, 1.807) is 54.6 Å².